The van der Waals surface area contributed by atoms with E-state index in [1.54, 1.807) is 7.11 Å². The van der Waals surface area contributed by atoms with Crippen LogP contribution in [-0.2, 0) is 0 Å². The van der Waals surface area contributed by atoms with Gasteiger partial charge in [-0.3, -0.25) is 0 Å². The molecule has 7 heteroatoms. The lowest BCUT2D eigenvalue weighted by molar-refractivity contribution is 0.0652. The lowest BCUT2D eigenvalue weighted by atomic mass is 10.1. The van der Waals surface area contributed by atoms with Crippen LogP contribution in [0.3, 0.4) is 0 Å². The molecule has 5 nitrogen and oxygen atoms in total. The van der Waals surface area contributed by atoms with Crippen LogP contribution >= 0.6 is 27.7 Å². The Hall–Kier alpha value is -1.47. The minimum atomic E-state index is -1.14. The van der Waals surface area contributed by atoms with Gasteiger partial charge < -0.3 is 14.4 Å². The van der Waals surface area contributed by atoms with Gasteiger partial charge in [-0.2, -0.15) is 0 Å². The fourth-order valence-corrected chi connectivity index (χ4v) is 2.95. The fraction of sp³-hybridized carbons (Fsp3) is 0.167. The van der Waals surface area contributed by atoms with Crippen LogP contribution in [0.25, 0.3) is 11.3 Å². The van der Waals surface area contributed by atoms with Crippen LogP contribution in [0.15, 0.2) is 32.1 Å². The number of carbonyl (C=O) groups is 1. The van der Waals surface area contributed by atoms with E-state index in [1.165, 1.54) is 17.8 Å². The van der Waals surface area contributed by atoms with E-state index in [-0.39, 0.29) is 5.76 Å². The molecule has 0 saturated heterocycles. The van der Waals surface area contributed by atoms with Gasteiger partial charge in [0, 0.05) is 11.6 Å². The first-order valence-corrected chi connectivity index (χ1v) is 7.20. The molecule has 0 saturated carbocycles. The molecule has 2 rings (SSSR count). The molecule has 19 heavy (non-hydrogen) atoms. The van der Waals surface area contributed by atoms with Crippen LogP contribution < -0.4 is 4.74 Å². The van der Waals surface area contributed by atoms with Gasteiger partial charge in [-0.1, -0.05) is 5.16 Å². The number of methoxy groups -OCH3 is 1. The van der Waals surface area contributed by atoms with Crippen molar-refractivity contribution >= 4 is 33.7 Å². The minimum Gasteiger partial charge on any atom is -0.494 e. The predicted molar refractivity (Wildman–Crippen MR) is 74.9 cm³/mol. The number of hydrogen-bond donors (Lipinski definition) is 1. The van der Waals surface area contributed by atoms with E-state index in [1.807, 2.05) is 18.4 Å². The van der Waals surface area contributed by atoms with Gasteiger partial charge in [0.05, 0.1) is 16.5 Å². The average molecular weight is 344 g/mol. The van der Waals surface area contributed by atoms with Crippen molar-refractivity contribution in [2.45, 2.75) is 4.90 Å². The fourth-order valence-electron chi connectivity index (χ4n) is 1.58. The van der Waals surface area contributed by atoms with Crippen molar-refractivity contribution in [2.24, 2.45) is 0 Å². The molecule has 0 fully saturated rings. The molecule has 1 aromatic heterocycles. The van der Waals surface area contributed by atoms with Crippen LogP contribution in [0.1, 0.15) is 10.6 Å². The normalized spacial score (nSPS) is 10.5. The maximum Gasteiger partial charge on any atom is 0.374 e. The second-order valence-corrected chi connectivity index (χ2v) is 5.28. The Kier molecular flexibility index (Phi) is 4.16. The zero-order chi connectivity index (χ0) is 14.0. The highest BCUT2D eigenvalue weighted by atomic mass is 79.9. The van der Waals surface area contributed by atoms with Crippen LogP contribution in [0.4, 0.5) is 0 Å². The molecule has 0 atom stereocenters. The molecule has 0 radical (unpaired) electrons. The molecule has 0 aliphatic carbocycles. The number of aromatic carboxylic acids is 1. The molecular formula is C12H10BrNO4S. The number of carboxylic acids is 1. The van der Waals surface area contributed by atoms with E-state index >= 15 is 0 Å². The van der Waals surface area contributed by atoms with Crippen molar-refractivity contribution in [1.29, 1.82) is 0 Å². The van der Waals surface area contributed by atoms with Crippen LogP contribution in [-0.4, -0.2) is 29.6 Å². The average Bonchev–Trinajstić information content (AvgIpc) is 2.87. The third-order valence-corrected chi connectivity index (χ3v) is 3.78. The molecule has 1 aromatic carbocycles. The summed E-state index contributed by atoms with van der Waals surface area (Å²) < 4.78 is 10.8. The van der Waals surface area contributed by atoms with Crippen molar-refractivity contribution < 1.29 is 19.2 Å². The molecule has 0 amide bonds. The quantitative estimate of drug-likeness (QED) is 0.856. The molecule has 0 unspecified atom stereocenters. The number of carboxylic acid groups (broad SMARTS) is 1. The lowest BCUT2D eigenvalue weighted by Crippen LogP contribution is -1.91. The minimum absolute atomic E-state index is 0.187. The summed E-state index contributed by atoms with van der Waals surface area (Å²) in [6.45, 7) is 0. The summed E-state index contributed by atoms with van der Waals surface area (Å²) in [4.78, 5) is 11.7. The highest BCUT2D eigenvalue weighted by Gasteiger charge is 2.15. The molecular weight excluding hydrogens is 334 g/mol. The van der Waals surface area contributed by atoms with Gasteiger partial charge in [0.1, 0.15) is 11.4 Å². The number of rotatable bonds is 4. The summed E-state index contributed by atoms with van der Waals surface area (Å²) in [7, 11) is 1.60. The van der Waals surface area contributed by atoms with Gasteiger partial charge in [0.15, 0.2) is 0 Å². The number of aromatic nitrogens is 1. The molecule has 0 bridgehead atoms. The molecule has 0 aliphatic rings. The standard InChI is InChI=1S/C12H10BrNO4S/c1-17-11-7(13)3-6(4-10(11)19-2)8-5-9(12(15)16)18-14-8/h3-5H,1-2H3,(H,15,16). The monoisotopic (exact) mass is 343 g/mol. The summed E-state index contributed by atoms with van der Waals surface area (Å²) in [5.41, 5.74) is 1.23. The number of halogens is 1. The molecule has 1 heterocycles. The predicted octanol–water partition coefficient (Wildman–Crippen LogP) is 3.53. The zero-order valence-corrected chi connectivity index (χ0v) is 12.5. The van der Waals surface area contributed by atoms with Gasteiger partial charge in [-0.05, 0) is 34.3 Å². The lowest BCUT2D eigenvalue weighted by Gasteiger charge is -2.10. The zero-order valence-electron chi connectivity index (χ0n) is 10.1. The Morgan fingerprint density at radius 2 is 2.21 bits per heavy atom. The van der Waals surface area contributed by atoms with Crippen LogP contribution in [0.2, 0.25) is 0 Å². The highest BCUT2D eigenvalue weighted by Crippen LogP contribution is 2.38. The number of nitrogens with zero attached hydrogens (tertiary/aromatic N) is 1. The van der Waals surface area contributed by atoms with E-state index < -0.39 is 5.97 Å². The summed E-state index contributed by atoms with van der Waals surface area (Å²) in [6, 6.07) is 5.07. The number of hydrogen-bond acceptors (Lipinski definition) is 5. The Labute approximate surface area is 122 Å². The maximum atomic E-state index is 10.8. The van der Waals surface area contributed by atoms with Crippen molar-refractivity contribution in [1.82, 2.24) is 5.16 Å². The van der Waals surface area contributed by atoms with Gasteiger partial charge in [0.25, 0.3) is 0 Å². The number of benzene rings is 1. The summed E-state index contributed by atoms with van der Waals surface area (Å²) in [5.74, 6) is -0.595. The second-order valence-electron chi connectivity index (χ2n) is 3.58. The highest BCUT2D eigenvalue weighted by molar-refractivity contribution is 9.10. The van der Waals surface area contributed by atoms with Gasteiger partial charge in [-0.25, -0.2) is 4.79 Å². The first-order valence-electron chi connectivity index (χ1n) is 5.18. The van der Waals surface area contributed by atoms with Gasteiger partial charge >= 0.3 is 5.97 Å². The van der Waals surface area contributed by atoms with Crippen LogP contribution in [0.5, 0.6) is 5.75 Å². The molecule has 0 aliphatic heterocycles. The van der Waals surface area contributed by atoms with Gasteiger partial charge in [-0.15, -0.1) is 11.8 Å². The Bertz CT molecular complexity index is 626. The SMILES string of the molecule is COc1c(Br)cc(-c2cc(C(=O)O)on2)cc1SC. The summed E-state index contributed by atoms with van der Waals surface area (Å²) in [5, 5.41) is 12.6. The molecule has 2 aromatic rings. The number of thioether (sulfide) groups is 1. The Morgan fingerprint density at radius 1 is 1.47 bits per heavy atom. The van der Waals surface area contributed by atoms with Crippen LogP contribution in [0, 0.1) is 0 Å². The first-order chi connectivity index (χ1) is 9.06. The smallest absolute Gasteiger partial charge is 0.374 e. The van der Waals surface area contributed by atoms with E-state index in [2.05, 4.69) is 21.1 Å². The third-order valence-electron chi connectivity index (χ3n) is 2.45. The van der Waals surface area contributed by atoms with Crippen molar-refractivity contribution in [3.63, 3.8) is 0 Å². The van der Waals surface area contributed by atoms with Crippen molar-refractivity contribution in [3.8, 4) is 17.0 Å². The number of ether oxygens (including phenoxy) is 1. The van der Waals surface area contributed by atoms with Gasteiger partial charge in [0.2, 0.25) is 5.76 Å². The largest absolute Gasteiger partial charge is 0.494 e. The topological polar surface area (TPSA) is 72.6 Å². The third kappa shape index (κ3) is 2.76. The second kappa shape index (κ2) is 5.66. The van der Waals surface area contributed by atoms with E-state index in [0.29, 0.717) is 5.69 Å². The van der Waals surface area contributed by atoms with E-state index in [4.69, 9.17) is 14.4 Å². The molecule has 1 N–H and O–H groups in total. The van der Waals surface area contributed by atoms with Crippen molar-refractivity contribution in [2.75, 3.05) is 13.4 Å². The Morgan fingerprint density at radius 3 is 2.74 bits per heavy atom. The summed E-state index contributed by atoms with van der Waals surface area (Å²) >= 11 is 4.95. The maximum absolute atomic E-state index is 10.8. The van der Waals surface area contributed by atoms with Crippen molar-refractivity contribution in [3.05, 3.63) is 28.4 Å². The first kappa shape index (κ1) is 14.0. The summed E-state index contributed by atoms with van der Waals surface area (Å²) in [6.07, 6.45) is 1.93. The van der Waals surface area contributed by atoms with E-state index in [9.17, 15) is 4.79 Å². The molecule has 100 valence electrons. The Balaban J connectivity index is 2.50. The van der Waals surface area contributed by atoms with E-state index in [0.717, 1.165) is 20.7 Å². The molecule has 0 spiro atoms.